The van der Waals surface area contributed by atoms with Crippen molar-refractivity contribution in [1.82, 2.24) is 0 Å². The average molecular weight is 348 g/mol. The van der Waals surface area contributed by atoms with Gasteiger partial charge in [0.1, 0.15) is 29.8 Å². The molecule has 4 nitrogen and oxygen atoms in total. The maximum absolute atomic E-state index is 13.3. The van der Waals surface area contributed by atoms with Crippen LogP contribution < -0.4 is 10.5 Å². The van der Waals surface area contributed by atoms with Gasteiger partial charge >= 0.3 is 5.97 Å². The third kappa shape index (κ3) is 6.75. The lowest BCUT2D eigenvalue weighted by Gasteiger charge is -2.31. The van der Waals surface area contributed by atoms with Crippen LogP contribution in [0.5, 0.6) is 5.75 Å². The molecule has 132 valence electrons. The molecule has 0 bridgehead atoms. The fourth-order valence-corrected chi connectivity index (χ4v) is 2.38. The Morgan fingerprint density at radius 2 is 1.87 bits per heavy atom. The molecule has 0 aromatic heterocycles. The molecule has 1 aromatic rings. The Hall–Kier alpha value is -1.33. The highest BCUT2D eigenvalue weighted by Crippen LogP contribution is 2.25. The molecule has 2 N–H and O–H groups in total. The molecule has 23 heavy (non-hydrogen) atoms. The first-order chi connectivity index (χ1) is 10.4. The predicted octanol–water partition coefficient (Wildman–Crippen LogP) is 3.71. The Balaban J connectivity index is 0.00000484. The largest absolute Gasteiger partial charge is 0.486 e. The summed E-state index contributed by atoms with van der Waals surface area (Å²) in [7, 11) is 0. The standard InChI is InChI=1S/C17H26FNO3.ClH/c1-5-13(6-2)16(12(4)21-17(20)11(3)19)22-15-9-7-8-14(18)10-15;/h7-13,16H,5-6,19H2,1-4H3;1H/t11-,12-,16-;/m0./s1. The topological polar surface area (TPSA) is 61.5 Å². The van der Waals surface area contributed by atoms with Crippen molar-refractivity contribution in [2.24, 2.45) is 11.7 Å². The molecule has 3 atom stereocenters. The van der Waals surface area contributed by atoms with Crippen molar-refractivity contribution in [3.8, 4) is 5.75 Å². The summed E-state index contributed by atoms with van der Waals surface area (Å²) >= 11 is 0. The first-order valence-electron chi connectivity index (χ1n) is 7.77. The zero-order valence-electron chi connectivity index (χ0n) is 14.1. The van der Waals surface area contributed by atoms with Gasteiger partial charge in [-0.15, -0.1) is 12.4 Å². The van der Waals surface area contributed by atoms with Crippen LogP contribution in [0, 0.1) is 11.7 Å². The highest BCUT2D eigenvalue weighted by Gasteiger charge is 2.30. The van der Waals surface area contributed by atoms with Crippen molar-refractivity contribution in [3.05, 3.63) is 30.1 Å². The van der Waals surface area contributed by atoms with Gasteiger partial charge in [0, 0.05) is 6.07 Å². The second-order valence-corrected chi connectivity index (χ2v) is 5.55. The Bertz CT molecular complexity index is 481. The molecule has 0 spiro atoms. The molecule has 0 heterocycles. The van der Waals surface area contributed by atoms with Gasteiger partial charge in [0.05, 0.1) is 0 Å². The van der Waals surface area contributed by atoms with Gasteiger partial charge in [-0.05, 0) is 44.7 Å². The van der Waals surface area contributed by atoms with Gasteiger partial charge < -0.3 is 15.2 Å². The number of nitrogens with two attached hydrogens (primary N) is 1. The average Bonchev–Trinajstić information content (AvgIpc) is 2.47. The van der Waals surface area contributed by atoms with E-state index in [1.165, 1.54) is 12.1 Å². The number of carbonyl (C=O) groups is 1. The highest BCUT2D eigenvalue weighted by molar-refractivity contribution is 5.85. The van der Waals surface area contributed by atoms with Crippen molar-refractivity contribution in [2.45, 2.75) is 58.8 Å². The fourth-order valence-electron chi connectivity index (χ4n) is 2.38. The van der Waals surface area contributed by atoms with Crippen LogP contribution in [0.25, 0.3) is 0 Å². The van der Waals surface area contributed by atoms with Crippen molar-refractivity contribution >= 4 is 18.4 Å². The second kappa shape index (κ2) is 10.4. The number of carbonyl (C=O) groups excluding carboxylic acids is 1. The van der Waals surface area contributed by atoms with Gasteiger partial charge in [0.25, 0.3) is 0 Å². The number of benzene rings is 1. The van der Waals surface area contributed by atoms with E-state index in [-0.39, 0.29) is 30.2 Å². The molecule has 6 heteroatoms. The lowest BCUT2D eigenvalue weighted by molar-refractivity contribution is -0.155. The quantitative estimate of drug-likeness (QED) is 0.728. The summed E-state index contributed by atoms with van der Waals surface area (Å²) in [6.45, 7) is 7.46. The summed E-state index contributed by atoms with van der Waals surface area (Å²) < 4.78 is 24.6. The number of hydrogen-bond acceptors (Lipinski definition) is 4. The van der Waals surface area contributed by atoms with Crippen molar-refractivity contribution in [3.63, 3.8) is 0 Å². The van der Waals surface area contributed by atoms with Crippen LogP contribution in [0.1, 0.15) is 40.5 Å². The summed E-state index contributed by atoms with van der Waals surface area (Å²) in [5.41, 5.74) is 5.53. The van der Waals surface area contributed by atoms with Crippen molar-refractivity contribution in [1.29, 1.82) is 0 Å². The van der Waals surface area contributed by atoms with Gasteiger partial charge in [-0.25, -0.2) is 4.39 Å². The summed E-state index contributed by atoms with van der Waals surface area (Å²) in [4.78, 5) is 11.7. The predicted molar refractivity (Wildman–Crippen MR) is 91.3 cm³/mol. The molecule has 0 saturated carbocycles. The Kier molecular flexibility index (Phi) is 9.84. The van der Waals surface area contributed by atoms with E-state index in [1.54, 1.807) is 26.0 Å². The van der Waals surface area contributed by atoms with Gasteiger partial charge in [0.15, 0.2) is 0 Å². The zero-order valence-corrected chi connectivity index (χ0v) is 14.9. The first-order valence-corrected chi connectivity index (χ1v) is 7.77. The molecular formula is C17H27ClFNO3. The molecule has 0 aliphatic heterocycles. The lowest BCUT2D eigenvalue weighted by atomic mass is 9.93. The fraction of sp³-hybridized carbons (Fsp3) is 0.588. The molecule has 0 aliphatic carbocycles. The molecule has 0 radical (unpaired) electrons. The number of esters is 1. The molecule has 0 unspecified atom stereocenters. The van der Waals surface area contributed by atoms with Gasteiger partial charge in [-0.3, -0.25) is 4.79 Å². The monoisotopic (exact) mass is 347 g/mol. The Morgan fingerprint density at radius 1 is 1.26 bits per heavy atom. The van der Waals surface area contributed by atoms with Gasteiger partial charge in [0.2, 0.25) is 0 Å². The molecule has 1 aromatic carbocycles. The van der Waals surface area contributed by atoms with E-state index in [4.69, 9.17) is 15.2 Å². The van der Waals surface area contributed by atoms with Gasteiger partial charge in [-0.2, -0.15) is 0 Å². The number of ether oxygens (including phenoxy) is 2. The van der Waals surface area contributed by atoms with Crippen LogP contribution in [-0.4, -0.2) is 24.2 Å². The number of hydrogen-bond donors (Lipinski definition) is 1. The smallest absolute Gasteiger partial charge is 0.323 e. The molecular weight excluding hydrogens is 321 g/mol. The first kappa shape index (κ1) is 21.7. The third-order valence-electron chi connectivity index (χ3n) is 3.72. The van der Waals surface area contributed by atoms with Crippen LogP contribution in [-0.2, 0) is 9.53 Å². The van der Waals surface area contributed by atoms with E-state index in [9.17, 15) is 9.18 Å². The Morgan fingerprint density at radius 3 is 2.35 bits per heavy atom. The lowest BCUT2D eigenvalue weighted by Crippen LogP contribution is -2.42. The van der Waals surface area contributed by atoms with Crippen LogP contribution in [0.4, 0.5) is 4.39 Å². The van der Waals surface area contributed by atoms with Crippen LogP contribution in [0.3, 0.4) is 0 Å². The van der Waals surface area contributed by atoms with Crippen molar-refractivity contribution in [2.75, 3.05) is 0 Å². The Labute approximate surface area is 143 Å². The summed E-state index contributed by atoms with van der Waals surface area (Å²) in [5, 5.41) is 0. The number of rotatable bonds is 8. The van der Waals surface area contributed by atoms with Crippen LogP contribution in [0.15, 0.2) is 24.3 Å². The van der Waals surface area contributed by atoms with Crippen LogP contribution >= 0.6 is 12.4 Å². The van der Waals surface area contributed by atoms with E-state index in [0.29, 0.717) is 5.75 Å². The van der Waals surface area contributed by atoms with Crippen LogP contribution in [0.2, 0.25) is 0 Å². The van der Waals surface area contributed by atoms with E-state index in [1.807, 2.05) is 0 Å². The second-order valence-electron chi connectivity index (χ2n) is 5.55. The zero-order chi connectivity index (χ0) is 16.7. The summed E-state index contributed by atoms with van der Waals surface area (Å²) in [5.74, 6) is -0.202. The highest BCUT2D eigenvalue weighted by atomic mass is 35.5. The molecule has 0 amide bonds. The molecule has 1 rings (SSSR count). The van der Waals surface area contributed by atoms with E-state index in [2.05, 4.69) is 13.8 Å². The minimum Gasteiger partial charge on any atom is -0.486 e. The van der Waals surface area contributed by atoms with E-state index in [0.717, 1.165) is 12.8 Å². The molecule has 0 aliphatic rings. The minimum absolute atomic E-state index is 0. The number of halogens is 2. The molecule has 0 fully saturated rings. The normalized spacial score (nSPS) is 14.6. The summed E-state index contributed by atoms with van der Waals surface area (Å²) in [6.07, 6.45) is 0.929. The van der Waals surface area contributed by atoms with Gasteiger partial charge in [-0.1, -0.05) is 19.9 Å². The van der Waals surface area contributed by atoms with E-state index >= 15 is 0 Å². The maximum Gasteiger partial charge on any atom is 0.323 e. The molecule has 0 saturated heterocycles. The van der Waals surface area contributed by atoms with E-state index < -0.39 is 18.1 Å². The van der Waals surface area contributed by atoms with Crippen molar-refractivity contribution < 1.29 is 18.7 Å². The SMILES string of the molecule is CCC(CC)[C@@H](Oc1cccc(F)c1)[C@H](C)OC(=O)[C@H](C)N.Cl. The minimum atomic E-state index is -0.682. The summed E-state index contributed by atoms with van der Waals surface area (Å²) in [6, 6.07) is 5.29. The maximum atomic E-state index is 13.3. The third-order valence-corrected chi connectivity index (χ3v) is 3.72.